The molecule has 0 aliphatic rings. The van der Waals surface area contributed by atoms with Crippen LogP contribution < -0.4 is 5.32 Å². The number of carbonyl (C=O) groups is 1. The fourth-order valence-electron chi connectivity index (χ4n) is 1.48. The number of hydrogen-bond acceptors (Lipinski definition) is 4. The monoisotopic (exact) mass is 266 g/mol. The van der Waals surface area contributed by atoms with Crippen molar-refractivity contribution in [3.8, 4) is 0 Å². The zero-order valence-electron chi connectivity index (χ0n) is 11.3. The summed E-state index contributed by atoms with van der Waals surface area (Å²) in [6.45, 7) is 4.96. The highest BCUT2D eigenvalue weighted by atomic mass is 16.6. The summed E-state index contributed by atoms with van der Waals surface area (Å²) in [4.78, 5) is 21.8. The molecule has 0 aliphatic carbocycles. The van der Waals surface area contributed by atoms with Crippen molar-refractivity contribution in [2.75, 3.05) is 6.54 Å². The molecular formula is C13H18N2O4. The van der Waals surface area contributed by atoms with Crippen LogP contribution in [0.5, 0.6) is 0 Å². The number of ether oxygens (including phenoxy) is 1. The van der Waals surface area contributed by atoms with Gasteiger partial charge < -0.3 is 10.1 Å². The molecule has 104 valence electrons. The second-order valence-corrected chi connectivity index (χ2v) is 5.19. The highest BCUT2D eigenvalue weighted by Crippen LogP contribution is 2.18. The minimum absolute atomic E-state index is 0.451. The lowest BCUT2D eigenvalue weighted by Crippen LogP contribution is -2.41. The van der Waals surface area contributed by atoms with Crippen LogP contribution in [0, 0.1) is 10.1 Å². The summed E-state index contributed by atoms with van der Waals surface area (Å²) in [7, 11) is 0. The SMILES string of the molecule is CC(C)(C)NC(=O)OC(C[N+](=O)[O-])c1ccccc1. The van der Waals surface area contributed by atoms with Gasteiger partial charge in [-0.1, -0.05) is 30.3 Å². The van der Waals surface area contributed by atoms with Crippen LogP contribution in [0.1, 0.15) is 32.4 Å². The number of carbonyl (C=O) groups excluding carboxylic acids is 1. The smallest absolute Gasteiger partial charge is 0.408 e. The number of benzene rings is 1. The molecule has 1 aromatic rings. The molecule has 1 rings (SSSR count). The van der Waals surface area contributed by atoms with Gasteiger partial charge in [-0.05, 0) is 26.3 Å². The van der Waals surface area contributed by atoms with Crippen LogP contribution in [-0.2, 0) is 4.74 Å². The highest BCUT2D eigenvalue weighted by Gasteiger charge is 2.24. The Morgan fingerprint density at radius 2 is 1.95 bits per heavy atom. The molecule has 0 spiro atoms. The molecule has 1 atom stereocenters. The Balaban J connectivity index is 2.76. The first-order chi connectivity index (χ1) is 8.78. The van der Waals surface area contributed by atoms with E-state index >= 15 is 0 Å². The molecular weight excluding hydrogens is 248 g/mol. The van der Waals surface area contributed by atoms with Crippen molar-refractivity contribution in [1.29, 1.82) is 0 Å². The maximum absolute atomic E-state index is 11.7. The van der Waals surface area contributed by atoms with Crippen molar-refractivity contribution in [3.63, 3.8) is 0 Å². The number of nitrogens with zero attached hydrogens (tertiary/aromatic N) is 1. The van der Waals surface area contributed by atoms with Crippen molar-refractivity contribution < 1.29 is 14.5 Å². The predicted octanol–water partition coefficient (Wildman–Crippen LogP) is 2.53. The number of amides is 1. The average molecular weight is 266 g/mol. The largest absolute Gasteiger partial charge is 0.434 e. The average Bonchev–Trinajstić information content (AvgIpc) is 2.26. The van der Waals surface area contributed by atoms with Crippen molar-refractivity contribution in [1.82, 2.24) is 5.32 Å². The second-order valence-electron chi connectivity index (χ2n) is 5.19. The van der Waals surface area contributed by atoms with Gasteiger partial charge >= 0.3 is 6.09 Å². The summed E-state index contributed by atoms with van der Waals surface area (Å²) in [6, 6.07) is 8.67. The van der Waals surface area contributed by atoms with Gasteiger partial charge in [-0.3, -0.25) is 10.1 Å². The summed E-state index contributed by atoms with van der Waals surface area (Å²) in [5.74, 6) is 0. The molecule has 1 aromatic carbocycles. The highest BCUT2D eigenvalue weighted by molar-refractivity contribution is 5.68. The Bertz CT molecular complexity index is 440. The van der Waals surface area contributed by atoms with E-state index in [1.54, 1.807) is 51.1 Å². The van der Waals surface area contributed by atoms with E-state index in [4.69, 9.17) is 4.74 Å². The fourth-order valence-corrected chi connectivity index (χ4v) is 1.48. The van der Waals surface area contributed by atoms with Crippen LogP contribution in [0.4, 0.5) is 4.79 Å². The molecule has 1 amide bonds. The molecule has 0 heterocycles. The molecule has 0 bridgehead atoms. The minimum Gasteiger partial charge on any atom is -0.434 e. The maximum Gasteiger partial charge on any atom is 0.408 e. The van der Waals surface area contributed by atoms with Gasteiger partial charge in [0.15, 0.2) is 6.10 Å². The first-order valence-electron chi connectivity index (χ1n) is 5.93. The van der Waals surface area contributed by atoms with E-state index < -0.39 is 29.2 Å². The van der Waals surface area contributed by atoms with E-state index in [1.807, 2.05) is 0 Å². The van der Waals surface area contributed by atoms with Gasteiger partial charge in [0.05, 0.1) is 0 Å². The van der Waals surface area contributed by atoms with E-state index in [2.05, 4.69) is 5.32 Å². The van der Waals surface area contributed by atoms with Crippen molar-refractivity contribution >= 4 is 6.09 Å². The van der Waals surface area contributed by atoms with Gasteiger partial charge in [-0.15, -0.1) is 0 Å². The molecule has 6 nitrogen and oxygen atoms in total. The van der Waals surface area contributed by atoms with Crippen molar-refractivity contribution in [2.45, 2.75) is 32.4 Å². The molecule has 0 fully saturated rings. The quantitative estimate of drug-likeness (QED) is 0.670. The van der Waals surface area contributed by atoms with E-state index in [-0.39, 0.29) is 0 Å². The molecule has 1 unspecified atom stereocenters. The van der Waals surface area contributed by atoms with Crippen LogP contribution in [0.3, 0.4) is 0 Å². The lowest BCUT2D eigenvalue weighted by Gasteiger charge is -2.22. The maximum atomic E-state index is 11.7. The van der Waals surface area contributed by atoms with Crippen LogP contribution in [0.25, 0.3) is 0 Å². The van der Waals surface area contributed by atoms with Gasteiger partial charge in [0, 0.05) is 10.5 Å². The number of nitrogens with one attached hydrogen (secondary N) is 1. The van der Waals surface area contributed by atoms with Gasteiger partial charge in [-0.2, -0.15) is 0 Å². The third-order valence-corrected chi connectivity index (χ3v) is 2.21. The van der Waals surface area contributed by atoms with E-state index in [9.17, 15) is 14.9 Å². The molecule has 6 heteroatoms. The van der Waals surface area contributed by atoms with E-state index in [1.165, 1.54) is 0 Å². The predicted molar refractivity (Wildman–Crippen MR) is 70.4 cm³/mol. The Labute approximate surface area is 111 Å². The minimum atomic E-state index is -0.890. The van der Waals surface area contributed by atoms with Crippen LogP contribution in [0.15, 0.2) is 30.3 Å². The van der Waals surface area contributed by atoms with Gasteiger partial charge in [0.2, 0.25) is 6.54 Å². The Kier molecular flexibility index (Phi) is 4.86. The number of nitro groups is 1. The number of rotatable bonds is 4. The van der Waals surface area contributed by atoms with Gasteiger partial charge in [-0.25, -0.2) is 4.79 Å². The molecule has 0 aromatic heterocycles. The zero-order valence-corrected chi connectivity index (χ0v) is 11.3. The van der Waals surface area contributed by atoms with Gasteiger partial charge in [0.25, 0.3) is 0 Å². The topological polar surface area (TPSA) is 81.5 Å². The number of alkyl carbamates (subject to hydrolysis) is 1. The zero-order chi connectivity index (χ0) is 14.5. The third-order valence-electron chi connectivity index (χ3n) is 2.21. The van der Waals surface area contributed by atoms with E-state index in [0.717, 1.165) is 0 Å². The Hall–Kier alpha value is -2.11. The molecule has 1 N–H and O–H groups in total. The van der Waals surface area contributed by atoms with Crippen LogP contribution in [-0.4, -0.2) is 23.1 Å². The summed E-state index contributed by atoms with van der Waals surface area (Å²) >= 11 is 0. The number of hydrogen-bond donors (Lipinski definition) is 1. The molecule has 0 aliphatic heterocycles. The third kappa shape index (κ3) is 5.85. The summed E-state index contributed by atoms with van der Waals surface area (Å²) in [5, 5.41) is 13.3. The lowest BCUT2D eigenvalue weighted by atomic mass is 10.1. The van der Waals surface area contributed by atoms with Crippen molar-refractivity contribution in [3.05, 3.63) is 46.0 Å². The van der Waals surface area contributed by atoms with Crippen LogP contribution in [0.2, 0.25) is 0 Å². The summed E-state index contributed by atoms with van der Waals surface area (Å²) in [6.07, 6.45) is -1.55. The van der Waals surface area contributed by atoms with Crippen molar-refractivity contribution in [2.24, 2.45) is 0 Å². The van der Waals surface area contributed by atoms with Gasteiger partial charge in [0.1, 0.15) is 0 Å². The molecule has 0 saturated heterocycles. The Morgan fingerprint density at radius 1 is 1.37 bits per heavy atom. The summed E-state index contributed by atoms with van der Waals surface area (Å²) in [5.41, 5.74) is 0.149. The second kappa shape index (κ2) is 6.17. The molecule has 0 saturated carbocycles. The molecule has 0 radical (unpaired) electrons. The Morgan fingerprint density at radius 3 is 2.42 bits per heavy atom. The molecule has 19 heavy (non-hydrogen) atoms. The fraction of sp³-hybridized carbons (Fsp3) is 0.462. The first-order valence-corrected chi connectivity index (χ1v) is 5.93. The summed E-state index contributed by atoms with van der Waals surface area (Å²) < 4.78 is 5.13. The lowest BCUT2D eigenvalue weighted by molar-refractivity contribution is -0.491. The normalized spacial score (nSPS) is 12.6. The van der Waals surface area contributed by atoms with Crippen LogP contribution >= 0.6 is 0 Å². The van der Waals surface area contributed by atoms with E-state index in [0.29, 0.717) is 5.56 Å². The first kappa shape index (κ1) is 14.9. The standard InChI is InChI=1S/C13H18N2O4/c1-13(2,3)14-12(16)19-11(9-15(17)18)10-7-5-4-6-8-10/h4-8,11H,9H2,1-3H3,(H,14,16).